The summed E-state index contributed by atoms with van der Waals surface area (Å²) >= 11 is 0. The Bertz CT molecular complexity index is 555. The fourth-order valence-electron chi connectivity index (χ4n) is 2.74. The molecule has 0 aromatic carbocycles. The lowest BCUT2D eigenvalue weighted by Crippen LogP contribution is -2.43. The van der Waals surface area contributed by atoms with E-state index in [0.29, 0.717) is 0 Å². The summed E-state index contributed by atoms with van der Waals surface area (Å²) in [6.45, 7) is 9.45. The number of ether oxygens (including phenoxy) is 1. The Balaban J connectivity index is 1.81. The number of imidazole rings is 1. The summed E-state index contributed by atoms with van der Waals surface area (Å²) in [4.78, 5) is 6.85. The molecule has 3 rings (SSSR count). The molecule has 0 unspecified atom stereocenters. The minimum Gasteiger partial charge on any atom is -0.379 e. The van der Waals surface area contributed by atoms with E-state index in [4.69, 9.17) is 4.74 Å². The van der Waals surface area contributed by atoms with Crippen molar-refractivity contribution < 1.29 is 4.74 Å². The van der Waals surface area contributed by atoms with E-state index in [1.807, 2.05) is 16.8 Å². The molecule has 0 N–H and O–H groups in total. The number of rotatable bonds is 3. The molecular formula is C15H21N3O. The van der Waals surface area contributed by atoms with Crippen molar-refractivity contribution in [2.75, 3.05) is 32.8 Å². The van der Waals surface area contributed by atoms with Gasteiger partial charge < -0.3 is 9.14 Å². The Hall–Kier alpha value is -1.39. The van der Waals surface area contributed by atoms with Crippen LogP contribution in [0.15, 0.2) is 30.7 Å². The van der Waals surface area contributed by atoms with Gasteiger partial charge in [0.25, 0.3) is 0 Å². The summed E-state index contributed by atoms with van der Waals surface area (Å²) in [5.41, 5.74) is 2.50. The van der Waals surface area contributed by atoms with Crippen LogP contribution in [0.4, 0.5) is 0 Å². The highest BCUT2D eigenvalue weighted by Crippen LogP contribution is 2.25. The van der Waals surface area contributed by atoms with Crippen molar-refractivity contribution in [2.24, 2.45) is 0 Å². The summed E-state index contributed by atoms with van der Waals surface area (Å²) in [5.74, 6) is 0. The second-order valence-electron chi connectivity index (χ2n) is 5.88. The van der Waals surface area contributed by atoms with Gasteiger partial charge in [0.2, 0.25) is 0 Å². The molecule has 19 heavy (non-hydrogen) atoms. The molecule has 2 aromatic heterocycles. The first-order valence-electron chi connectivity index (χ1n) is 6.88. The van der Waals surface area contributed by atoms with Crippen LogP contribution in [0.5, 0.6) is 0 Å². The van der Waals surface area contributed by atoms with Crippen LogP contribution in [-0.4, -0.2) is 47.1 Å². The molecule has 0 bridgehead atoms. The van der Waals surface area contributed by atoms with Gasteiger partial charge in [-0.25, -0.2) is 4.98 Å². The van der Waals surface area contributed by atoms with Crippen molar-refractivity contribution in [3.8, 4) is 0 Å². The maximum atomic E-state index is 5.41. The van der Waals surface area contributed by atoms with E-state index in [9.17, 15) is 0 Å². The highest BCUT2D eigenvalue weighted by molar-refractivity contribution is 5.43. The molecule has 1 saturated heterocycles. The summed E-state index contributed by atoms with van der Waals surface area (Å²) < 4.78 is 7.46. The van der Waals surface area contributed by atoms with Crippen LogP contribution >= 0.6 is 0 Å². The zero-order chi connectivity index (χ0) is 13.3. The zero-order valence-corrected chi connectivity index (χ0v) is 11.7. The summed E-state index contributed by atoms with van der Waals surface area (Å²) in [6, 6.07) is 4.40. The van der Waals surface area contributed by atoms with Crippen LogP contribution < -0.4 is 0 Å². The first-order valence-corrected chi connectivity index (χ1v) is 6.88. The average Bonchev–Trinajstić information content (AvgIpc) is 2.86. The highest BCUT2D eigenvalue weighted by Gasteiger charge is 2.25. The largest absolute Gasteiger partial charge is 0.379 e. The monoisotopic (exact) mass is 259 g/mol. The minimum absolute atomic E-state index is 0.130. The molecule has 1 aliphatic rings. The van der Waals surface area contributed by atoms with E-state index in [0.717, 1.165) is 38.5 Å². The number of hydrogen-bond donors (Lipinski definition) is 0. The van der Waals surface area contributed by atoms with Gasteiger partial charge in [0, 0.05) is 43.6 Å². The molecule has 0 atom stereocenters. The predicted molar refractivity (Wildman–Crippen MR) is 75.5 cm³/mol. The molecule has 4 nitrogen and oxygen atoms in total. The molecule has 4 heteroatoms. The molecule has 0 radical (unpaired) electrons. The van der Waals surface area contributed by atoms with E-state index in [1.165, 1.54) is 5.56 Å². The number of morpholine rings is 1. The molecule has 0 spiro atoms. The van der Waals surface area contributed by atoms with Crippen LogP contribution in [-0.2, 0) is 10.2 Å². The third kappa shape index (κ3) is 2.65. The molecule has 1 aliphatic heterocycles. The van der Waals surface area contributed by atoms with Crippen LogP contribution in [0, 0.1) is 0 Å². The molecular weight excluding hydrogens is 238 g/mol. The average molecular weight is 259 g/mol. The van der Waals surface area contributed by atoms with Gasteiger partial charge in [-0.3, -0.25) is 4.90 Å². The van der Waals surface area contributed by atoms with Crippen LogP contribution in [0.25, 0.3) is 5.65 Å². The van der Waals surface area contributed by atoms with Crippen molar-refractivity contribution in [1.29, 1.82) is 0 Å². The predicted octanol–water partition coefficient (Wildman–Crippen LogP) is 1.94. The lowest BCUT2D eigenvalue weighted by Gasteiger charge is -2.35. The molecule has 0 aliphatic carbocycles. The van der Waals surface area contributed by atoms with E-state index in [1.54, 1.807) is 0 Å². The number of fused-ring (bicyclic) bond motifs is 1. The van der Waals surface area contributed by atoms with E-state index in [-0.39, 0.29) is 5.41 Å². The van der Waals surface area contributed by atoms with E-state index >= 15 is 0 Å². The molecule has 0 amide bonds. The first-order chi connectivity index (χ1) is 9.15. The van der Waals surface area contributed by atoms with Crippen molar-refractivity contribution in [3.63, 3.8) is 0 Å². The molecule has 0 saturated carbocycles. The fourth-order valence-corrected chi connectivity index (χ4v) is 2.74. The SMILES string of the molecule is CC(C)(CN1CCOCC1)c1ccn2ccnc2c1. The number of nitrogens with zero attached hydrogens (tertiary/aromatic N) is 3. The van der Waals surface area contributed by atoms with Gasteiger partial charge in [-0.05, 0) is 17.7 Å². The maximum absolute atomic E-state index is 5.41. The van der Waals surface area contributed by atoms with Gasteiger partial charge in [-0.15, -0.1) is 0 Å². The van der Waals surface area contributed by atoms with Gasteiger partial charge in [-0.2, -0.15) is 0 Å². The summed E-state index contributed by atoms with van der Waals surface area (Å²) in [6.07, 6.45) is 5.92. The molecule has 2 aromatic rings. The Kier molecular flexibility index (Phi) is 3.29. The van der Waals surface area contributed by atoms with Crippen LogP contribution in [0.1, 0.15) is 19.4 Å². The fraction of sp³-hybridized carbons (Fsp3) is 0.533. The van der Waals surface area contributed by atoms with Crippen molar-refractivity contribution >= 4 is 5.65 Å². The van der Waals surface area contributed by atoms with Gasteiger partial charge in [0.15, 0.2) is 0 Å². The Morgan fingerprint density at radius 3 is 2.84 bits per heavy atom. The van der Waals surface area contributed by atoms with Crippen molar-refractivity contribution in [1.82, 2.24) is 14.3 Å². The van der Waals surface area contributed by atoms with Crippen molar-refractivity contribution in [2.45, 2.75) is 19.3 Å². The summed E-state index contributed by atoms with van der Waals surface area (Å²) in [7, 11) is 0. The number of aromatic nitrogens is 2. The van der Waals surface area contributed by atoms with Gasteiger partial charge >= 0.3 is 0 Å². The molecule has 1 fully saturated rings. The number of pyridine rings is 1. The highest BCUT2D eigenvalue weighted by atomic mass is 16.5. The molecule has 3 heterocycles. The third-order valence-corrected chi connectivity index (χ3v) is 3.90. The normalized spacial score (nSPS) is 18.0. The van der Waals surface area contributed by atoms with Gasteiger partial charge in [-0.1, -0.05) is 13.8 Å². The zero-order valence-electron chi connectivity index (χ0n) is 11.7. The second-order valence-corrected chi connectivity index (χ2v) is 5.88. The first kappa shape index (κ1) is 12.6. The minimum atomic E-state index is 0.130. The van der Waals surface area contributed by atoms with Gasteiger partial charge in [0.1, 0.15) is 5.65 Å². The smallest absolute Gasteiger partial charge is 0.136 e. The van der Waals surface area contributed by atoms with E-state index < -0.39 is 0 Å². The molecule has 102 valence electrons. The standard InChI is InChI=1S/C15H21N3O/c1-15(2,12-17-7-9-19-10-8-17)13-3-5-18-6-4-16-14(18)11-13/h3-6,11H,7-10,12H2,1-2H3. The Morgan fingerprint density at radius 1 is 1.26 bits per heavy atom. The third-order valence-electron chi connectivity index (χ3n) is 3.90. The maximum Gasteiger partial charge on any atom is 0.136 e. The van der Waals surface area contributed by atoms with E-state index in [2.05, 4.69) is 42.1 Å². The quantitative estimate of drug-likeness (QED) is 0.844. The number of hydrogen-bond acceptors (Lipinski definition) is 3. The van der Waals surface area contributed by atoms with Crippen LogP contribution in [0.3, 0.4) is 0 Å². The lowest BCUT2D eigenvalue weighted by molar-refractivity contribution is 0.0295. The lowest BCUT2D eigenvalue weighted by atomic mass is 9.84. The Labute approximate surface area is 114 Å². The van der Waals surface area contributed by atoms with Crippen LogP contribution in [0.2, 0.25) is 0 Å². The Morgan fingerprint density at radius 2 is 2.05 bits per heavy atom. The van der Waals surface area contributed by atoms with Gasteiger partial charge in [0.05, 0.1) is 13.2 Å². The topological polar surface area (TPSA) is 29.8 Å². The van der Waals surface area contributed by atoms with Crippen molar-refractivity contribution in [3.05, 3.63) is 36.3 Å². The second kappa shape index (κ2) is 4.94. The summed E-state index contributed by atoms with van der Waals surface area (Å²) in [5, 5.41) is 0.